The Morgan fingerprint density at radius 1 is 1.25 bits per heavy atom. The van der Waals surface area contributed by atoms with E-state index in [2.05, 4.69) is 17.7 Å². The first kappa shape index (κ1) is 15.7. The van der Waals surface area contributed by atoms with E-state index in [1.54, 1.807) is 0 Å². The second-order valence-corrected chi connectivity index (χ2v) is 0. The molecular weight excluding hydrogens is 573 g/mol. The molecule has 0 aromatic heterocycles. The van der Waals surface area contributed by atoms with Gasteiger partial charge in [-0.15, -0.1) is 0 Å². The normalized spacial score (nSPS) is 1.75. The maximum absolute atomic E-state index is 2.34. The van der Waals surface area contributed by atoms with E-state index in [-0.39, 0.29) is 71.3 Å². The quantitative estimate of drug-likeness (QED) is 0.293. The van der Waals surface area contributed by atoms with Gasteiger partial charge in [0.1, 0.15) is 0 Å². The van der Waals surface area contributed by atoms with Crippen molar-refractivity contribution in [1.29, 1.82) is 0 Å². The van der Waals surface area contributed by atoms with Crippen LogP contribution in [0.25, 0.3) is 0 Å². The Hall–Kier alpha value is 3.98. The molecule has 0 nitrogen and oxygen atoms in total. The molecule has 0 aliphatic rings. The topological polar surface area (TPSA) is 0 Å². The Balaban J connectivity index is -0.00000000500. The molecule has 0 spiro atoms. The fraction of sp³-hybridized carbons (Fsp3) is 0. The zero-order valence-corrected chi connectivity index (χ0v) is 15.7. The molecule has 0 aromatic carbocycles. The molecule has 22 valence electrons. The Bertz CT molecular complexity index is 8.00. The Morgan fingerprint density at radius 2 is 1.25 bits per heavy atom. The van der Waals surface area contributed by atoms with E-state index in [1.165, 1.54) is 0 Å². The van der Waals surface area contributed by atoms with Crippen molar-refractivity contribution in [3.8, 4) is 0 Å². The van der Waals surface area contributed by atoms with Crippen molar-refractivity contribution in [3.05, 3.63) is 0 Å². The molecule has 0 rings (SSSR count). The molecule has 0 amide bonds. The van der Waals surface area contributed by atoms with Crippen LogP contribution in [0.15, 0.2) is 0 Å². The molecule has 0 saturated heterocycles. The van der Waals surface area contributed by atoms with Gasteiger partial charge < -0.3 is 0 Å². The summed E-state index contributed by atoms with van der Waals surface area (Å²) in [5.74, 6) is 0. The first-order valence-corrected chi connectivity index (χ1v) is 15.7. The van der Waals surface area contributed by atoms with E-state index in [4.69, 9.17) is 0 Å². The molecule has 0 heterocycles. The predicted molar refractivity (Wildman–Crippen MR) is 19.8 cm³/mol. The van der Waals surface area contributed by atoms with Gasteiger partial charge in [-0.2, -0.15) is 0 Å². The van der Waals surface area contributed by atoms with Gasteiger partial charge >= 0.3 is 39.5 Å². The Morgan fingerprint density at radius 3 is 1.25 bits per heavy atom. The van der Waals surface area contributed by atoms with E-state index in [0.29, 0.717) is 0 Å². The average molecular weight is 573 g/mol. The van der Waals surface area contributed by atoms with Crippen molar-refractivity contribution in [2.75, 3.05) is 0 Å². The summed E-state index contributed by atoms with van der Waals surface area (Å²) in [6.45, 7) is 0. The van der Waals surface area contributed by atoms with Crippen molar-refractivity contribution < 1.29 is 44.2 Å². The van der Waals surface area contributed by atoms with E-state index in [0.717, 1.165) is 21.8 Å². The molecule has 4 heteroatoms. The first-order valence-electron chi connectivity index (χ1n) is 0.267. The van der Waals surface area contributed by atoms with Gasteiger partial charge in [-0.25, -0.2) is 0 Å². The van der Waals surface area contributed by atoms with Crippen molar-refractivity contribution in [2.45, 2.75) is 0 Å². The zero-order valence-electron chi connectivity index (χ0n) is 2.09. The molecule has 3 radical (unpaired) electrons. The van der Waals surface area contributed by atoms with Crippen LogP contribution in [0.5, 0.6) is 0 Å². The number of halogens is 1. The van der Waals surface area contributed by atoms with E-state index in [9.17, 15) is 0 Å². The zero-order chi connectivity index (χ0) is 2.00. The van der Waals surface area contributed by atoms with Crippen LogP contribution in [0.4, 0.5) is 0 Å². The second kappa shape index (κ2) is 15.8. The molecule has 0 saturated carbocycles. The second-order valence-electron chi connectivity index (χ2n) is 0. The third kappa shape index (κ3) is 9.36. The van der Waals surface area contributed by atoms with Crippen LogP contribution < -0.4 is 0 Å². The molecule has 0 N–H and O–H groups in total. The van der Waals surface area contributed by atoms with Crippen LogP contribution in [-0.4, -0.2) is 48.9 Å². The molecule has 4 heavy (non-hydrogen) atoms. The molecule has 0 bridgehead atoms. The summed E-state index contributed by atoms with van der Waals surface area (Å²) in [5, 5.41) is 0. The molecule has 0 atom stereocenters. The maximum atomic E-state index is 2.34. The van der Waals surface area contributed by atoms with Gasteiger partial charge in [-0.05, 0) is 0 Å². The van der Waals surface area contributed by atoms with Gasteiger partial charge in [0, 0.05) is 71.3 Å². The Labute approximate surface area is 107 Å². The van der Waals surface area contributed by atoms with Crippen LogP contribution >= 0.6 is 17.7 Å². The van der Waals surface area contributed by atoms with E-state index >= 15 is 0 Å². The summed E-state index contributed by atoms with van der Waals surface area (Å²) in [5.41, 5.74) is 0. The van der Waals surface area contributed by atoms with Gasteiger partial charge in [-0.3, -0.25) is 0 Å². The SMILES string of the molecule is [Ag].[Ba].[I][Hg]. The predicted octanol–water partition coefficient (Wildman–Crippen LogP) is 0.500. The summed E-state index contributed by atoms with van der Waals surface area (Å²) >= 11 is 3.34. The van der Waals surface area contributed by atoms with Gasteiger partial charge in [0.2, 0.25) is 0 Å². The minimum absolute atomic E-state index is 0. The van der Waals surface area contributed by atoms with Crippen LogP contribution in [0.3, 0.4) is 0 Å². The molecule has 0 unspecified atom stereocenters. The van der Waals surface area contributed by atoms with E-state index < -0.39 is 0 Å². The number of hydrogen-bond acceptors (Lipinski definition) is 0. The molecule has 0 aromatic rings. The summed E-state index contributed by atoms with van der Waals surface area (Å²) in [4.78, 5) is 0. The summed E-state index contributed by atoms with van der Waals surface area (Å²) < 4.78 is 0. The summed E-state index contributed by atoms with van der Waals surface area (Å²) in [6, 6.07) is 0. The van der Waals surface area contributed by atoms with Crippen LogP contribution in [-0.2, 0) is 44.2 Å². The van der Waals surface area contributed by atoms with Crippen molar-refractivity contribution in [2.24, 2.45) is 0 Å². The fourth-order valence-corrected chi connectivity index (χ4v) is 0. The number of rotatable bonds is 0. The monoisotopic (exact) mass is 574 g/mol. The van der Waals surface area contributed by atoms with E-state index in [1.807, 2.05) is 0 Å². The molecule has 0 aliphatic carbocycles. The average Bonchev–Trinajstić information content (AvgIpc) is 1.00. The van der Waals surface area contributed by atoms with Gasteiger partial charge in [0.15, 0.2) is 0 Å². The van der Waals surface area contributed by atoms with Crippen molar-refractivity contribution >= 4 is 66.5 Å². The van der Waals surface area contributed by atoms with Crippen molar-refractivity contribution in [3.63, 3.8) is 0 Å². The summed E-state index contributed by atoms with van der Waals surface area (Å²) in [6.07, 6.45) is 0. The fourth-order valence-electron chi connectivity index (χ4n) is 0. The van der Waals surface area contributed by atoms with Crippen LogP contribution in [0.1, 0.15) is 0 Å². The third-order valence-electron chi connectivity index (χ3n) is 0. The minimum atomic E-state index is 0. The Kier molecular flexibility index (Phi) is 61.8. The standard InChI is InChI=1S/Ag.Ba.Hg.HI/h;;;1H/q;;+1;/p-1. The van der Waals surface area contributed by atoms with Gasteiger partial charge in [-0.1, -0.05) is 0 Å². The van der Waals surface area contributed by atoms with Crippen LogP contribution in [0, 0.1) is 0 Å². The van der Waals surface area contributed by atoms with Gasteiger partial charge in [0.05, 0.1) is 0 Å². The first-order chi connectivity index (χ1) is 1.00. The molecule has 0 aliphatic heterocycles. The van der Waals surface area contributed by atoms with Crippen molar-refractivity contribution in [1.82, 2.24) is 0 Å². The number of hydrogen-bond donors (Lipinski definition) is 0. The van der Waals surface area contributed by atoms with Gasteiger partial charge in [0.25, 0.3) is 0 Å². The molecule has 0 fully saturated rings. The van der Waals surface area contributed by atoms with Crippen LogP contribution in [0.2, 0.25) is 0 Å². The molecular formula is AgBaHgI. The third-order valence-corrected chi connectivity index (χ3v) is 0. The summed E-state index contributed by atoms with van der Waals surface area (Å²) in [7, 11) is 0.